The number of ether oxygens (including phenoxy) is 1. The van der Waals surface area contributed by atoms with E-state index in [-0.39, 0.29) is 5.72 Å². The number of hydrogen-bond donors (Lipinski definition) is 0. The Morgan fingerprint density at radius 3 is 2.15 bits per heavy atom. The van der Waals surface area contributed by atoms with E-state index in [1.165, 1.54) is 12.1 Å². The molecule has 3 rings (SSSR count). The Balaban J connectivity index is 0.000000321. The van der Waals surface area contributed by atoms with Crippen LogP contribution in [0.1, 0.15) is 73.2 Å². The summed E-state index contributed by atoms with van der Waals surface area (Å²) >= 11 is 0. The fourth-order valence-corrected chi connectivity index (χ4v) is 2.98. The Morgan fingerprint density at radius 1 is 1.08 bits per heavy atom. The molecular weight excluding hydrogens is 320 g/mol. The van der Waals surface area contributed by atoms with Crippen molar-refractivity contribution in [2.75, 3.05) is 0 Å². The summed E-state index contributed by atoms with van der Waals surface area (Å²) in [6.45, 7) is 21.4. The highest BCUT2D eigenvalue weighted by molar-refractivity contribution is 5.67. The third-order valence-electron chi connectivity index (χ3n) is 5.15. The Bertz CT molecular complexity index is 698. The molecule has 3 heteroatoms. The first-order valence-corrected chi connectivity index (χ1v) is 10.0. The van der Waals surface area contributed by atoms with Crippen LogP contribution in [0.2, 0.25) is 0 Å². The smallest absolute Gasteiger partial charge is 0.182 e. The van der Waals surface area contributed by atoms with E-state index in [9.17, 15) is 0 Å². The average Bonchev–Trinajstić information content (AvgIpc) is 2.92. The Labute approximate surface area is 160 Å². The largest absolute Gasteiger partial charge is 0.467 e. The Morgan fingerprint density at radius 2 is 1.65 bits per heavy atom. The first kappa shape index (κ1) is 22.3. The second-order valence-electron chi connectivity index (χ2n) is 7.62. The van der Waals surface area contributed by atoms with Gasteiger partial charge in [0, 0.05) is 5.69 Å². The highest BCUT2D eigenvalue weighted by atomic mass is 16.5. The topological polar surface area (TPSA) is 27.1 Å². The quantitative estimate of drug-likeness (QED) is 0.580. The molecule has 0 saturated heterocycles. The maximum absolute atomic E-state index is 6.06. The van der Waals surface area contributed by atoms with E-state index in [1.54, 1.807) is 0 Å². The number of benzene rings is 1. The minimum Gasteiger partial charge on any atom is -0.467 e. The molecule has 2 aromatic rings. The Kier molecular flexibility index (Phi) is 7.92. The molecule has 0 radical (unpaired) electrons. The van der Waals surface area contributed by atoms with Gasteiger partial charge in [-0.05, 0) is 51.7 Å². The molecule has 3 nitrogen and oxygen atoms in total. The number of imidazole rings is 1. The van der Waals surface area contributed by atoms with Crippen molar-refractivity contribution in [2.24, 2.45) is 11.8 Å². The van der Waals surface area contributed by atoms with E-state index < -0.39 is 0 Å². The summed E-state index contributed by atoms with van der Waals surface area (Å²) < 4.78 is 8.23. The van der Waals surface area contributed by atoms with Crippen LogP contribution < -0.4 is 4.74 Å². The van der Waals surface area contributed by atoms with E-state index in [2.05, 4.69) is 64.1 Å². The van der Waals surface area contributed by atoms with Crippen molar-refractivity contribution in [2.45, 2.75) is 81.4 Å². The van der Waals surface area contributed by atoms with E-state index in [0.29, 0.717) is 0 Å². The molecule has 146 valence electrons. The third kappa shape index (κ3) is 4.69. The number of aromatic nitrogens is 2. The molecule has 1 unspecified atom stereocenters. The lowest BCUT2D eigenvalue weighted by atomic mass is 9.96. The summed E-state index contributed by atoms with van der Waals surface area (Å²) in [6.07, 6.45) is 1.32. The van der Waals surface area contributed by atoms with Crippen molar-refractivity contribution in [1.82, 2.24) is 9.55 Å². The SMILES string of the molecule is CC.CCC(C)C(C)C.Cc1nc2n(c1C)C(C)(C)Oc1ccccc1-2. The summed E-state index contributed by atoms with van der Waals surface area (Å²) in [6, 6.07) is 8.07. The molecule has 0 spiro atoms. The monoisotopic (exact) mass is 358 g/mol. The van der Waals surface area contributed by atoms with Gasteiger partial charge in [-0.1, -0.05) is 60.1 Å². The second kappa shape index (κ2) is 9.25. The van der Waals surface area contributed by atoms with Gasteiger partial charge in [0.1, 0.15) is 11.6 Å². The minimum atomic E-state index is -0.380. The zero-order valence-corrected chi connectivity index (χ0v) is 18.5. The molecule has 26 heavy (non-hydrogen) atoms. The summed E-state index contributed by atoms with van der Waals surface area (Å²) in [4.78, 5) is 4.67. The van der Waals surface area contributed by atoms with E-state index in [4.69, 9.17) is 4.74 Å². The van der Waals surface area contributed by atoms with Crippen LogP contribution in [-0.4, -0.2) is 9.55 Å². The van der Waals surface area contributed by atoms with Crippen molar-refractivity contribution in [3.63, 3.8) is 0 Å². The number of hydrogen-bond acceptors (Lipinski definition) is 2. The van der Waals surface area contributed by atoms with Crippen LogP contribution in [0.4, 0.5) is 0 Å². The fraction of sp³-hybridized carbons (Fsp3) is 0.609. The molecule has 0 fully saturated rings. The summed E-state index contributed by atoms with van der Waals surface area (Å²) in [5.41, 5.74) is 2.92. The van der Waals surface area contributed by atoms with Gasteiger partial charge in [-0.25, -0.2) is 4.98 Å². The fourth-order valence-electron chi connectivity index (χ4n) is 2.98. The number of aryl methyl sites for hydroxylation is 1. The molecule has 2 heterocycles. The molecular formula is C23H38N2O. The predicted octanol–water partition coefficient (Wildman–Crippen LogP) is 6.97. The van der Waals surface area contributed by atoms with Crippen LogP contribution in [-0.2, 0) is 5.72 Å². The lowest BCUT2D eigenvalue weighted by molar-refractivity contribution is 0.0245. The minimum absolute atomic E-state index is 0.380. The van der Waals surface area contributed by atoms with Crippen LogP contribution in [0, 0.1) is 25.7 Å². The van der Waals surface area contributed by atoms with Crippen LogP contribution in [0.15, 0.2) is 24.3 Å². The molecule has 1 aliphatic rings. The van der Waals surface area contributed by atoms with Crippen molar-refractivity contribution in [1.29, 1.82) is 0 Å². The lowest BCUT2D eigenvalue weighted by Crippen LogP contribution is -2.37. The van der Waals surface area contributed by atoms with Crippen molar-refractivity contribution >= 4 is 0 Å². The maximum atomic E-state index is 6.06. The van der Waals surface area contributed by atoms with Crippen molar-refractivity contribution in [3.8, 4) is 17.1 Å². The molecule has 1 aliphatic heterocycles. The molecule has 0 amide bonds. The number of nitrogens with zero attached hydrogens (tertiary/aromatic N) is 2. The standard InChI is InChI=1S/C14H16N2O.C7H16.C2H6/c1-9-10(2)16-13(15-9)11-7-5-6-8-12(11)17-14(16,3)4;1-5-7(4)6(2)3;1-2/h5-8H,1-4H3;6-7H,5H2,1-4H3;1-2H3. The third-order valence-corrected chi connectivity index (χ3v) is 5.15. The van der Waals surface area contributed by atoms with Gasteiger partial charge in [0.25, 0.3) is 0 Å². The zero-order valence-electron chi connectivity index (χ0n) is 18.5. The van der Waals surface area contributed by atoms with Gasteiger partial charge >= 0.3 is 0 Å². The van der Waals surface area contributed by atoms with E-state index in [0.717, 1.165) is 34.7 Å². The number of rotatable bonds is 2. The number of fused-ring (bicyclic) bond motifs is 3. The van der Waals surface area contributed by atoms with E-state index in [1.807, 2.05) is 39.0 Å². The van der Waals surface area contributed by atoms with Crippen LogP contribution >= 0.6 is 0 Å². The van der Waals surface area contributed by atoms with Gasteiger partial charge in [0.05, 0.1) is 11.3 Å². The highest BCUT2D eigenvalue weighted by Gasteiger charge is 2.34. The summed E-state index contributed by atoms with van der Waals surface area (Å²) in [7, 11) is 0. The van der Waals surface area contributed by atoms with Gasteiger partial charge < -0.3 is 4.74 Å². The van der Waals surface area contributed by atoms with Crippen molar-refractivity contribution < 1.29 is 4.74 Å². The van der Waals surface area contributed by atoms with Crippen LogP contribution in [0.25, 0.3) is 11.4 Å². The van der Waals surface area contributed by atoms with Crippen molar-refractivity contribution in [3.05, 3.63) is 35.7 Å². The summed E-state index contributed by atoms with van der Waals surface area (Å²) in [5.74, 6) is 3.69. The van der Waals surface area contributed by atoms with Gasteiger partial charge in [0.15, 0.2) is 5.72 Å². The maximum Gasteiger partial charge on any atom is 0.182 e. The molecule has 1 aromatic carbocycles. The second-order valence-corrected chi connectivity index (χ2v) is 7.62. The average molecular weight is 359 g/mol. The normalized spacial score (nSPS) is 14.7. The summed E-state index contributed by atoms with van der Waals surface area (Å²) in [5, 5.41) is 0. The molecule has 1 aromatic heterocycles. The lowest BCUT2D eigenvalue weighted by Gasteiger charge is -2.35. The van der Waals surface area contributed by atoms with Gasteiger partial charge in [-0.2, -0.15) is 0 Å². The molecule has 0 bridgehead atoms. The van der Waals surface area contributed by atoms with Crippen LogP contribution in [0.3, 0.4) is 0 Å². The molecule has 0 saturated carbocycles. The van der Waals surface area contributed by atoms with Crippen LogP contribution in [0.5, 0.6) is 5.75 Å². The first-order chi connectivity index (χ1) is 12.2. The molecule has 0 aliphatic carbocycles. The Hall–Kier alpha value is -1.77. The molecule has 1 atom stereocenters. The van der Waals surface area contributed by atoms with Gasteiger partial charge in [-0.3, -0.25) is 4.57 Å². The van der Waals surface area contributed by atoms with Gasteiger partial charge in [-0.15, -0.1) is 0 Å². The number of para-hydroxylation sites is 1. The highest BCUT2D eigenvalue weighted by Crippen LogP contribution is 2.41. The van der Waals surface area contributed by atoms with E-state index >= 15 is 0 Å². The molecule has 0 N–H and O–H groups in total. The first-order valence-electron chi connectivity index (χ1n) is 10.0. The van der Waals surface area contributed by atoms with Gasteiger partial charge in [0.2, 0.25) is 0 Å². The zero-order chi connectivity index (χ0) is 20.1. The predicted molar refractivity (Wildman–Crippen MR) is 113 cm³/mol.